The number of halogens is 1. The quantitative estimate of drug-likeness (QED) is 0.689. The largest absolute Gasteiger partial charge is 0.310 e. The fourth-order valence-electron chi connectivity index (χ4n) is 4.30. The zero-order chi connectivity index (χ0) is 20.2. The van der Waals surface area contributed by atoms with E-state index >= 15 is 0 Å². The maximum absolute atomic E-state index is 13.7. The van der Waals surface area contributed by atoms with Crippen LogP contribution in [0.15, 0.2) is 54.7 Å². The topological polar surface area (TPSA) is 67.2 Å². The second kappa shape index (κ2) is 6.04. The van der Waals surface area contributed by atoms with Gasteiger partial charge in [-0.3, -0.25) is 14.5 Å². The van der Waals surface area contributed by atoms with Gasteiger partial charge in [0, 0.05) is 17.7 Å². The van der Waals surface area contributed by atoms with Gasteiger partial charge in [0.05, 0.1) is 18.4 Å². The molecule has 1 aromatic heterocycles. The molecule has 0 radical (unpaired) electrons. The summed E-state index contributed by atoms with van der Waals surface area (Å²) in [6.45, 7) is 0.104. The van der Waals surface area contributed by atoms with Crippen LogP contribution in [0.1, 0.15) is 17.5 Å². The van der Waals surface area contributed by atoms with Gasteiger partial charge >= 0.3 is 0 Å². The Hall–Kier alpha value is -3.92. The number of hydrogen-bond acceptors (Lipinski definition) is 3. The first-order chi connectivity index (χ1) is 14.1. The number of nitrogens with one attached hydrogen (secondary N) is 1. The van der Waals surface area contributed by atoms with Gasteiger partial charge in [0.2, 0.25) is 11.8 Å². The van der Waals surface area contributed by atoms with Crippen LogP contribution in [0.2, 0.25) is 0 Å². The maximum atomic E-state index is 13.7. The van der Waals surface area contributed by atoms with E-state index in [1.165, 1.54) is 21.7 Å². The predicted molar refractivity (Wildman–Crippen MR) is 105 cm³/mol. The minimum atomic E-state index is -1.21. The van der Waals surface area contributed by atoms with E-state index in [-0.39, 0.29) is 24.8 Å². The number of rotatable bonds is 2. The fraction of sp³-hybridized carbons (Fsp3) is 0.136. The van der Waals surface area contributed by atoms with Crippen molar-refractivity contribution in [2.45, 2.75) is 11.8 Å². The van der Waals surface area contributed by atoms with Crippen molar-refractivity contribution >= 4 is 23.3 Å². The number of terminal acetylenes is 1. The van der Waals surface area contributed by atoms with E-state index in [2.05, 4.69) is 16.3 Å². The Morgan fingerprint density at radius 3 is 2.79 bits per heavy atom. The smallest absolute Gasteiger partial charge is 0.243 e. The molecule has 0 saturated heterocycles. The molecule has 6 nitrogen and oxygen atoms in total. The van der Waals surface area contributed by atoms with Crippen molar-refractivity contribution in [1.29, 1.82) is 0 Å². The Labute approximate surface area is 165 Å². The van der Waals surface area contributed by atoms with E-state index in [1.807, 2.05) is 24.3 Å². The second-order valence-corrected chi connectivity index (χ2v) is 7.04. The van der Waals surface area contributed by atoms with Crippen LogP contribution >= 0.6 is 0 Å². The van der Waals surface area contributed by atoms with E-state index in [0.29, 0.717) is 22.8 Å². The molecule has 3 heterocycles. The summed E-state index contributed by atoms with van der Waals surface area (Å²) >= 11 is 0. The molecule has 1 spiro atoms. The molecule has 2 aliphatic rings. The van der Waals surface area contributed by atoms with Crippen LogP contribution in [-0.2, 0) is 15.0 Å². The van der Waals surface area contributed by atoms with Crippen molar-refractivity contribution in [3.63, 3.8) is 0 Å². The first-order valence-corrected chi connectivity index (χ1v) is 9.05. The Balaban J connectivity index is 1.77. The molecular formula is C22H15FN4O2. The zero-order valence-corrected chi connectivity index (χ0v) is 15.2. The molecule has 0 unspecified atom stereocenters. The molecule has 142 valence electrons. The van der Waals surface area contributed by atoms with Crippen molar-refractivity contribution in [2.75, 3.05) is 16.8 Å². The van der Waals surface area contributed by atoms with E-state index in [4.69, 9.17) is 6.42 Å². The molecule has 2 aliphatic heterocycles. The van der Waals surface area contributed by atoms with Crippen LogP contribution in [0.25, 0.3) is 5.69 Å². The SMILES string of the molecule is C#CCN1C(=O)[C@]2(CC(=O)Nc3c2cnn3-c2cccc(F)c2)c2ccccc21. The monoisotopic (exact) mass is 386 g/mol. The summed E-state index contributed by atoms with van der Waals surface area (Å²) in [6, 6.07) is 13.2. The van der Waals surface area contributed by atoms with Gasteiger partial charge in [-0.05, 0) is 29.8 Å². The van der Waals surface area contributed by atoms with Crippen LogP contribution < -0.4 is 10.2 Å². The van der Waals surface area contributed by atoms with Crippen LogP contribution in [0.5, 0.6) is 0 Å². The molecule has 7 heteroatoms. The lowest BCUT2D eigenvalue weighted by atomic mass is 9.72. The first kappa shape index (κ1) is 17.2. The van der Waals surface area contributed by atoms with Crippen molar-refractivity contribution in [3.8, 4) is 18.0 Å². The third-order valence-electron chi connectivity index (χ3n) is 5.48. The molecule has 0 aliphatic carbocycles. The van der Waals surface area contributed by atoms with Gasteiger partial charge in [0.15, 0.2) is 0 Å². The van der Waals surface area contributed by atoms with Gasteiger partial charge < -0.3 is 5.32 Å². The predicted octanol–water partition coefficient (Wildman–Crippen LogP) is 2.62. The summed E-state index contributed by atoms with van der Waals surface area (Å²) in [7, 11) is 0. The second-order valence-electron chi connectivity index (χ2n) is 7.04. The molecular weight excluding hydrogens is 371 g/mol. The van der Waals surface area contributed by atoms with Crippen molar-refractivity contribution < 1.29 is 14.0 Å². The number of amides is 2. The summed E-state index contributed by atoms with van der Waals surface area (Å²) in [5.74, 6) is 1.88. The highest BCUT2D eigenvalue weighted by Crippen LogP contribution is 2.52. The lowest BCUT2D eigenvalue weighted by Gasteiger charge is -2.32. The van der Waals surface area contributed by atoms with Crippen LogP contribution in [0.4, 0.5) is 15.9 Å². The highest BCUT2D eigenvalue weighted by atomic mass is 19.1. The van der Waals surface area contributed by atoms with Gasteiger partial charge in [-0.25, -0.2) is 9.07 Å². The van der Waals surface area contributed by atoms with Crippen LogP contribution in [0.3, 0.4) is 0 Å². The number of hydrogen-bond donors (Lipinski definition) is 1. The highest BCUT2D eigenvalue weighted by Gasteiger charge is 2.56. The third-order valence-corrected chi connectivity index (χ3v) is 5.48. The van der Waals surface area contributed by atoms with E-state index < -0.39 is 11.2 Å². The number of benzene rings is 2. The average Bonchev–Trinajstić information content (AvgIpc) is 3.23. The molecule has 3 aromatic rings. The van der Waals surface area contributed by atoms with E-state index in [0.717, 1.165) is 5.56 Å². The summed E-state index contributed by atoms with van der Waals surface area (Å²) in [4.78, 5) is 27.8. The third kappa shape index (κ3) is 2.26. The Bertz CT molecular complexity index is 1230. The van der Waals surface area contributed by atoms with Gasteiger partial charge in [-0.15, -0.1) is 6.42 Å². The van der Waals surface area contributed by atoms with Crippen molar-refractivity contribution in [3.05, 3.63) is 71.7 Å². The highest BCUT2D eigenvalue weighted by molar-refractivity contribution is 6.16. The number of carbonyl (C=O) groups is 2. The Morgan fingerprint density at radius 2 is 2.00 bits per heavy atom. The minimum absolute atomic E-state index is 0.0498. The number of nitrogens with zero attached hydrogens (tertiary/aromatic N) is 3. The van der Waals surface area contributed by atoms with E-state index in [9.17, 15) is 14.0 Å². The normalized spacial score (nSPS) is 19.7. The van der Waals surface area contributed by atoms with Gasteiger partial charge in [-0.2, -0.15) is 5.10 Å². The van der Waals surface area contributed by atoms with Crippen molar-refractivity contribution in [1.82, 2.24) is 9.78 Å². The summed E-state index contributed by atoms with van der Waals surface area (Å²) < 4.78 is 15.2. The Kier molecular flexibility index (Phi) is 3.58. The molecule has 1 atom stereocenters. The van der Waals surface area contributed by atoms with E-state index in [1.54, 1.807) is 18.3 Å². The molecule has 2 amide bonds. The minimum Gasteiger partial charge on any atom is -0.310 e. The molecule has 0 fully saturated rings. The first-order valence-electron chi connectivity index (χ1n) is 9.05. The van der Waals surface area contributed by atoms with Crippen molar-refractivity contribution in [2.24, 2.45) is 0 Å². The van der Waals surface area contributed by atoms with Gasteiger partial charge in [0.1, 0.15) is 17.1 Å². The lowest BCUT2D eigenvalue weighted by molar-refractivity contribution is -0.126. The molecule has 5 rings (SSSR count). The zero-order valence-electron chi connectivity index (χ0n) is 15.2. The molecule has 29 heavy (non-hydrogen) atoms. The summed E-state index contributed by atoms with van der Waals surface area (Å²) in [5.41, 5.74) is 1.21. The number of para-hydroxylation sites is 1. The standard InChI is InChI=1S/C22H15FN4O2/c1-2-10-26-18-9-4-3-8-16(18)22(21(26)29)12-19(28)25-20-17(22)13-24-27(20)15-7-5-6-14(23)11-15/h1,3-9,11,13H,10,12H2,(H,25,28)/t22-/m1/s1. The number of carbonyl (C=O) groups excluding carboxylic acids is 2. The molecule has 1 N–H and O–H groups in total. The van der Waals surface area contributed by atoms with Gasteiger partial charge in [0.25, 0.3) is 0 Å². The number of fused-ring (bicyclic) bond motifs is 4. The van der Waals surface area contributed by atoms with Gasteiger partial charge in [-0.1, -0.05) is 30.2 Å². The average molecular weight is 386 g/mol. The summed E-state index contributed by atoms with van der Waals surface area (Å²) in [6.07, 6.45) is 7.00. The molecule has 0 saturated carbocycles. The maximum Gasteiger partial charge on any atom is 0.243 e. The molecule has 0 bridgehead atoms. The fourth-order valence-corrected chi connectivity index (χ4v) is 4.30. The summed E-state index contributed by atoms with van der Waals surface area (Å²) in [5, 5.41) is 7.17. The number of aromatic nitrogens is 2. The Morgan fingerprint density at radius 1 is 1.17 bits per heavy atom. The van der Waals surface area contributed by atoms with Crippen LogP contribution in [-0.4, -0.2) is 28.1 Å². The molecule has 2 aromatic carbocycles. The van der Waals surface area contributed by atoms with Crippen LogP contribution in [0, 0.1) is 18.2 Å². The lowest BCUT2D eigenvalue weighted by Crippen LogP contribution is -2.46. The number of anilines is 2.